The van der Waals surface area contributed by atoms with E-state index in [0.29, 0.717) is 13.1 Å². The van der Waals surface area contributed by atoms with E-state index in [1.54, 1.807) is 0 Å². The van der Waals surface area contributed by atoms with Crippen LogP contribution in [0.1, 0.15) is 66.1 Å². The summed E-state index contributed by atoms with van der Waals surface area (Å²) in [5.41, 5.74) is 7.42. The lowest BCUT2D eigenvalue weighted by Crippen LogP contribution is -2.50. The Bertz CT molecular complexity index is 1760. The molecule has 8 nitrogen and oxygen atoms in total. The van der Waals surface area contributed by atoms with Gasteiger partial charge in [0, 0.05) is 116 Å². The Hall–Kier alpha value is -4.95. The summed E-state index contributed by atoms with van der Waals surface area (Å²) in [5, 5.41) is 0. The molecule has 0 saturated heterocycles. The van der Waals surface area contributed by atoms with Gasteiger partial charge in [0.05, 0.1) is 0 Å². The van der Waals surface area contributed by atoms with E-state index in [0.717, 1.165) is 95.8 Å². The standard InChI is InChI=1S/C40H46N6O2/c1-5-44(6-2)31-17-19-35-37(25-31)48-38-26-32(45(7-3)8-4)18-20-36(38)40(35)34-16-10-9-15-33(34)39(47)46(40)24-23-43(27-29-13-11-21-41-29)28-30-14-12-22-42-30/h9-22,25-26,41-42H,5-8,23-24,27-28H2,1-4H3. The lowest BCUT2D eigenvalue weighted by atomic mass is 9.74. The third-order valence-electron chi connectivity index (χ3n) is 10.1. The van der Waals surface area contributed by atoms with Crippen LogP contribution in [0.5, 0.6) is 11.5 Å². The monoisotopic (exact) mass is 642 g/mol. The van der Waals surface area contributed by atoms with Gasteiger partial charge in [0.15, 0.2) is 0 Å². The van der Waals surface area contributed by atoms with Crippen molar-refractivity contribution < 1.29 is 9.53 Å². The second kappa shape index (κ2) is 13.3. The second-order valence-electron chi connectivity index (χ2n) is 12.6. The topological polar surface area (TPSA) is 70.8 Å². The van der Waals surface area contributed by atoms with Crippen molar-refractivity contribution in [2.75, 3.05) is 49.1 Å². The van der Waals surface area contributed by atoms with Crippen LogP contribution in [0.25, 0.3) is 0 Å². The number of fused-ring (bicyclic) bond motifs is 6. The van der Waals surface area contributed by atoms with Crippen molar-refractivity contribution in [3.05, 3.63) is 131 Å². The fourth-order valence-corrected chi connectivity index (χ4v) is 7.77. The first-order valence-corrected chi connectivity index (χ1v) is 17.4. The van der Waals surface area contributed by atoms with Gasteiger partial charge < -0.3 is 29.4 Å². The molecule has 3 aromatic carbocycles. The summed E-state index contributed by atoms with van der Waals surface area (Å²) in [6.45, 7) is 15.0. The smallest absolute Gasteiger partial charge is 0.255 e. The van der Waals surface area contributed by atoms with Crippen LogP contribution in [0.15, 0.2) is 97.3 Å². The first kappa shape index (κ1) is 31.6. The summed E-state index contributed by atoms with van der Waals surface area (Å²) in [7, 11) is 0. The molecule has 248 valence electrons. The van der Waals surface area contributed by atoms with E-state index in [1.165, 1.54) is 0 Å². The summed E-state index contributed by atoms with van der Waals surface area (Å²) in [5.74, 6) is 1.64. The fourth-order valence-electron chi connectivity index (χ4n) is 7.77. The number of nitrogens with one attached hydrogen (secondary N) is 2. The summed E-state index contributed by atoms with van der Waals surface area (Å²) in [6, 6.07) is 29.6. The van der Waals surface area contributed by atoms with E-state index >= 15 is 0 Å². The summed E-state index contributed by atoms with van der Waals surface area (Å²) < 4.78 is 6.88. The highest BCUT2D eigenvalue weighted by Crippen LogP contribution is 2.58. The maximum absolute atomic E-state index is 14.7. The lowest BCUT2D eigenvalue weighted by Gasteiger charge is -2.45. The molecule has 2 aliphatic rings. The van der Waals surface area contributed by atoms with Crippen LogP contribution in [-0.4, -0.2) is 64.9 Å². The number of hydrogen-bond acceptors (Lipinski definition) is 5. The molecule has 2 aromatic heterocycles. The molecule has 5 aromatic rings. The Kier molecular flexibility index (Phi) is 8.75. The number of amides is 1. The SMILES string of the molecule is CCN(CC)c1ccc2c(c1)Oc1cc(N(CC)CC)ccc1C21c2ccccc2C(=O)N1CCN(Cc1ccc[nH]1)Cc1ccc[nH]1. The number of hydrogen-bond donors (Lipinski definition) is 2. The third-order valence-corrected chi connectivity index (χ3v) is 10.1. The number of benzene rings is 3. The van der Waals surface area contributed by atoms with Crippen molar-refractivity contribution in [2.45, 2.75) is 46.3 Å². The van der Waals surface area contributed by atoms with E-state index in [-0.39, 0.29) is 5.91 Å². The number of anilines is 2. The Labute approximate surface area is 283 Å². The molecule has 0 saturated carbocycles. The number of ether oxygens (including phenoxy) is 1. The van der Waals surface area contributed by atoms with Crippen molar-refractivity contribution in [1.82, 2.24) is 19.8 Å². The van der Waals surface area contributed by atoms with Gasteiger partial charge in [-0.25, -0.2) is 0 Å². The van der Waals surface area contributed by atoms with Crippen LogP contribution in [0.2, 0.25) is 0 Å². The molecule has 4 heterocycles. The minimum atomic E-state index is -0.843. The van der Waals surface area contributed by atoms with Crippen LogP contribution in [-0.2, 0) is 18.6 Å². The molecule has 1 amide bonds. The summed E-state index contributed by atoms with van der Waals surface area (Å²) in [6.07, 6.45) is 3.93. The normalized spacial score (nSPS) is 14.2. The first-order valence-electron chi connectivity index (χ1n) is 17.4. The van der Waals surface area contributed by atoms with Gasteiger partial charge in [0.25, 0.3) is 5.91 Å². The molecule has 48 heavy (non-hydrogen) atoms. The first-order chi connectivity index (χ1) is 23.5. The van der Waals surface area contributed by atoms with Crippen LogP contribution in [0.4, 0.5) is 11.4 Å². The Morgan fingerprint density at radius 1 is 0.667 bits per heavy atom. The zero-order valence-corrected chi connectivity index (χ0v) is 28.5. The molecule has 0 radical (unpaired) electrons. The molecule has 0 unspecified atom stereocenters. The Balaban J connectivity index is 1.38. The Morgan fingerprint density at radius 2 is 1.21 bits per heavy atom. The largest absolute Gasteiger partial charge is 0.456 e. The lowest BCUT2D eigenvalue weighted by molar-refractivity contribution is 0.0628. The molecule has 0 fully saturated rings. The zero-order chi connectivity index (χ0) is 33.3. The van der Waals surface area contributed by atoms with E-state index in [2.05, 4.69) is 118 Å². The molecule has 8 heteroatoms. The molecule has 7 rings (SSSR count). The van der Waals surface area contributed by atoms with Crippen LogP contribution < -0.4 is 14.5 Å². The number of aromatic amines is 2. The van der Waals surface area contributed by atoms with Crippen LogP contribution in [0.3, 0.4) is 0 Å². The molecular formula is C40H46N6O2. The van der Waals surface area contributed by atoms with E-state index in [4.69, 9.17) is 4.74 Å². The molecule has 0 aliphatic carbocycles. The average Bonchev–Trinajstić information content (AvgIpc) is 3.87. The van der Waals surface area contributed by atoms with Gasteiger partial charge in [0.1, 0.15) is 17.0 Å². The highest BCUT2D eigenvalue weighted by molar-refractivity contribution is 6.02. The van der Waals surface area contributed by atoms with Gasteiger partial charge in [-0.15, -0.1) is 0 Å². The van der Waals surface area contributed by atoms with Crippen molar-refractivity contribution in [1.29, 1.82) is 0 Å². The molecule has 0 atom stereocenters. The number of rotatable bonds is 13. The van der Waals surface area contributed by atoms with Gasteiger partial charge in [0.2, 0.25) is 0 Å². The van der Waals surface area contributed by atoms with Gasteiger partial charge in [-0.3, -0.25) is 9.69 Å². The minimum Gasteiger partial charge on any atom is -0.456 e. The maximum Gasteiger partial charge on any atom is 0.255 e. The predicted octanol–water partition coefficient (Wildman–Crippen LogP) is 7.59. The van der Waals surface area contributed by atoms with Gasteiger partial charge in [-0.2, -0.15) is 0 Å². The summed E-state index contributed by atoms with van der Waals surface area (Å²) in [4.78, 5) is 30.6. The highest BCUT2D eigenvalue weighted by atomic mass is 16.5. The average molecular weight is 643 g/mol. The van der Waals surface area contributed by atoms with E-state index in [1.807, 2.05) is 36.7 Å². The molecule has 2 aliphatic heterocycles. The maximum atomic E-state index is 14.7. The molecule has 1 spiro atoms. The van der Waals surface area contributed by atoms with Crippen molar-refractivity contribution >= 4 is 17.3 Å². The fraction of sp³-hybridized carbons (Fsp3) is 0.325. The van der Waals surface area contributed by atoms with Gasteiger partial charge in [-0.05, 0) is 75.7 Å². The van der Waals surface area contributed by atoms with Crippen molar-refractivity contribution in [2.24, 2.45) is 0 Å². The molecular weight excluding hydrogens is 596 g/mol. The number of H-pyrrole nitrogens is 2. The van der Waals surface area contributed by atoms with E-state index in [9.17, 15) is 4.79 Å². The van der Waals surface area contributed by atoms with Crippen LogP contribution in [0, 0.1) is 0 Å². The molecule has 0 bridgehead atoms. The highest BCUT2D eigenvalue weighted by Gasteiger charge is 2.56. The quantitative estimate of drug-likeness (QED) is 0.139. The Morgan fingerprint density at radius 3 is 1.71 bits per heavy atom. The number of aromatic nitrogens is 2. The zero-order valence-electron chi connectivity index (χ0n) is 28.5. The van der Waals surface area contributed by atoms with Gasteiger partial charge in [-0.1, -0.05) is 30.3 Å². The minimum absolute atomic E-state index is 0.0461. The second-order valence-corrected chi connectivity index (χ2v) is 12.6. The summed E-state index contributed by atoms with van der Waals surface area (Å²) >= 11 is 0. The van der Waals surface area contributed by atoms with Crippen LogP contribution >= 0.6 is 0 Å². The third kappa shape index (κ3) is 5.34. The predicted molar refractivity (Wildman–Crippen MR) is 193 cm³/mol. The number of carbonyl (C=O) groups is 1. The van der Waals surface area contributed by atoms with Gasteiger partial charge >= 0.3 is 0 Å². The van der Waals surface area contributed by atoms with Crippen molar-refractivity contribution in [3.63, 3.8) is 0 Å². The van der Waals surface area contributed by atoms with Crippen molar-refractivity contribution in [3.8, 4) is 11.5 Å². The molecule has 2 N–H and O–H groups in total. The van der Waals surface area contributed by atoms with E-state index < -0.39 is 5.54 Å². The number of nitrogens with zero attached hydrogens (tertiary/aromatic N) is 4. The number of carbonyl (C=O) groups excluding carboxylic acids is 1.